The minimum Gasteiger partial charge on any atom is -0.307 e. The highest BCUT2D eigenvalue weighted by molar-refractivity contribution is 9.10. The van der Waals surface area contributed by atoms with Crippen molar-refractivity contribution >= 4 is 43.2 Å². The molecule has 0 unspecified atom stereocenters. The standard InChI is InChI=1S/C30H29BrN4O4S/c1-20-27(29(37)35(33(20)2)23-10-4-3-5-11-23)32-40(38,39)24-12-8-9-21(17-24)28(36)34-19-30(15-6-7-16-30)25-14-13-22(31)18-26(25)34/h3-5,8-14,17-18,32H,6-7,15-16,19H2,1-2H3. The zero-order valence-electron chi connectivity index (χ0n) is 22.2. The Morgan fingerprint density at radius 2 is 1.70 bits per heavy atom. The molecule has 1 N–H and O–H groups in total. The van der Waals surface area contributed by atoms with Gasteiger partial charge in [-0.05, 0) is 67.8 Å². The van der Waals surface area contributed by atoms with Crippen molar-refractivity contribution in [3.8, 4) is 5.69 Å². The molecular weight excluding hydrogens is 592 g/mol. The quantitative estimate of drug-likeness (QED) is 0.318. The molecule has 1 amide bonds. The van der Waals surface area contributed by atoms with Crippen LogP contribution >= 0.6 is 15.9 Å². The number of nitrogens with one attached hydrogen (secondary N) is 1. The third kappa shape index (κ3) is 4.30. The maximum atomic E-state index is 13.9. The van der Waals surface area contributed by atoms with Crippen molar-refractivity contribution in [1.82, 2.24) is 9.36 Å². The molecule has 1 aromatic heterocycles. The first-order valence-corrected chi connectivity index (χ1v) is 15.5. The van der Waals surface area contributed by atoms with Crippen molar-refractivity contribution in [3.05, 3.63) is 104 Å². The van der Waals surface area contributed by atoms with E-state index in [0.29, 0.717) is 17.9 Å². The first-order valence-electron chi connectivity index (χ1n) is 13.2. The molecule has 1 saturated carbocycles. The van der Waals surface area contributed by atoms with E-state index in [1.54, 1.807) is 47.8 Å². The second-order valence-corrected chi connectivity index (χ2v) is 13.2. The Hall–Kier alpha value is -3.63. The lowest BCUT2D eigenvalue weighted by Crippen LogP contribution is -2.35. The van der Waals surface area contributed by atoms with Crippen LogP contribution < -0.4 is 15.2 Å². The van der Waals surface area contributed by atoms with Gasteiger partial charge in [0, 0.05) is 34.7 Å². The predicted octanol–water partition coefficient (Wildman–Crippen LogP) is 5.52. The van der Waals surface area contributed by atoms with Crippen molar-refractivity contribution < 1.29 is 13.2 Å². The number of halogens is 1. The number of anilines is 2. The van der Waals surface area contributed by atoms with Crippen molar-refractivity contribution in [2.75, 3.05) is 16.2 Å². The number of rotatable bonds is 5. The lowest BCUT2D eigenvalue weighted by atomic mass is 9.81. The van der Waals surface area contributed by atoms with Gasteiger partial charge in [0.2, 0.25) is 0 Å². The highest BCUT2D eigenvalue weighted by atomic mass is 79.9. The molecule has 1 spiro atoms. The van der Waals surface area contributed by atoms with E-state index in [-0.39, 0.29) is 27.5 Å². The number of para-hydroxylation sites is 1. The topological polar surface area (TPSA) is 93.4 Å². The van der Waals surface area contributed by atoms with Crippen LogP contribution in [0.15, 0.2) is 87.0 Å². The fourth-order valence-electron chi connectivity index (χ4n) is 6.14. The average molecular weight is 622 g/mol. The van der Waals surface area contributed by atoms with E-state index in [4.69, 9.17) is 0 Å². The Morgan fingerprint density at radius 1 is 0.975 bits per heavy atom. The monoisotopic (exact) mass is 620 g/mol. The molecule has 8 nitrogen and oxygen atoms in total. The van der Waals surface area contributed by atoms with Gasteiger partial charge in [-0.2, -0.15) is 0 Å². The minimum atomic E-state index is -4.17. The number of amides is 1. The fourth-order valence-corrected chi connectivity index (χ4v) is 7.65. The van der Waals surface area contributed by atoms with Gasteiger partial charge in [-0.15, -0.1) is 0 Å². The fraction of sp³-hybridized carbons (Fsp3) is 0.267. The van der Waals surface area contributed by atoms with E-state index >= 15 is 0 Å². The molecule has 0 atom stereocenters. The first-order chi connectivity index (χ1) is 19.1. The van der Waals surface area contributed by atoms with Crippen LogP contribution in [0.3, 0.4) is 0 Å². The Balaban J connectivity index is 1.33. The van der Waals surface area contributed by atoms with E-state index < -0.39 is 15.6 Å². The largest absolute Gasteiger partial charge is 0.307 e. The third-order valence-corrected chi connectivity index (χ3v) is 10.1. The second-order valence-electron chi connectivity index (χ2n) is 10.6. The number of nitrogens with zero attached hydrogens (tertiary/aromatic N) is 3. The molecule has 3 aromatic carbocycles. The number of fused-ring (bicyclic) bond motifs is 2. The molecule has 1 fully saturated rings. The summed E-state index contributed by atoms with van der Waals surface area (Å²) in [5.74, 6) is -0.248. The molecule has 1 aliphatic heterocycles. The van der Waals surface area contributed by atoms with Crippen LogP contribution in [0.2, 0.25) is 0 Å². The van der Waals surface area contributed by atoms with Gasteiger partial charge in [0.05, 0.1) is 16.3 Å². The van der Waals surface area contributed by atoms with Crippen molar-refractivity contribution in [2.45, 2.75) is 42.9 Å². The van der Waals surface area contributed by atoms with Gasteiger partial charge in [0.15, 0.2) is 0 Å². The van der Waals surface area contributed by atoms with Crippen LogP contribution in [-0.2, 0) is 22.5 Å². The molecule has 0 saturated heterocycles. The van der Waals surface area contributed by atoms with Crippen LogP contribution in [0.25, 0.3) is 5.69 Å². The predicted molar refractivity (Wildman–Crippen MR) is 159 cm³/mol. The molecule has 6 rings (SSSR count). The highest BCUT2D eigenvalue weighted by Crippen LogP contribution is 2.51. The lowest BCUT2D eigenvalue weighted by molar-refractivity contribution is 0.0984. The molecule has 4 aromatic rings. The molecule has 2 heterocycles. The SMILES string of the molecule is Cc1c(NS(=O)(=O)c2cccc(C(=O)N3CC4(CCCC4)c4ccc(Br)cc43)c2)c(=O)n(-c2ccccc2)n1C. The smallest absolute Gasteiger partial charge is 0.296 e. The number of carbonyl (C=O) groups is 1. The summed E-state index contributed by atoms with van der Waals surface area (Å²) in [5, 5.41) is 0. The van der Waals surface area contributed by atoms with Gasteiger partial charge >= 0.3 is 0 Å². The zero-order valence-corrected chi connectivity index (χ0v) is 24.6. The summed E-state index contributed by atoms with van der Waals surface area (Å²) in [6, 6.07) is 21.1. The summed E-state index contributed by atoms with van der Waals surface area (Å²) in [6.07, 6.45) is 4.31. The molecule has 2 aliphatic rings. The van der Waals surface area contributed by atoms with Crippen LogP contribution in [0.4, 0.5) is 11.4 Å². The van der Waals surface area contributed by atoms with Gasteiger partial charge in [0.1, 0.15) is 5.69 Å². The molecule has 0 bridgehead atoms. The lowest BCUT2D eigenvalue weighted by Gasteiger charge is -2.24. The molecule has 0 radical (unpaired) electrons. The van der Waals surface area contributed by atoms with Gasteiger partial charge in [-0.1, -0.05) is 59.1 Å². The van der Waals surface area contributed by atoms with E-state index in [1.807, 2.05) is 30.3 Å². The number of hydrogen-bond acceptors (Lipinski definition) is 4. The molecule has 1 aliphatic carbocycles. The molecular formula is C30H29BrN4O4S. The summed E-state index contributed by atoms with van der Waals surface area (Å²) in [7, 11) is -2.47. The number of carbonyl (C=O) groups excluding carboxylic acids is 1. The number of aromatic nitrogens is 2. The van der Waals surface area contributed by atoms with Crippen LogP contribution in [0.1, 0.15) is 47.3 Å². The van der Waals surface area contributed by atoms with Crippen LogP contribution in [-0.4, -0.2) is 30.2 Å². The first kappa shape index (κ1) is 26.6. The van der Waals surface area contributed by atoms with Gasteiger partial charge in [-0.3, -0.25) is 19.0 Å². The van der Waals surface area contributed by atoms with Gasteiger partial charge < -0.3 is 4.90 Å². The number of hydrogen-bond donors (Lipinski definition) is 1. The summed E-state index contributed by atoms with van der Waals surface area (Å²) in [5.41, 5.74) is 2.83. The molecule has 40 heavy (non-hydrogen) atoms. The van der Waals surface area contributed by atoms with Crippen molar-refractivity contribution in [3.63, 3.8) is 0 Å². The average Bonchev–Trinajstić information content (AvgIpc) is 3.61. The number of benzene rings is 3. The highest BCUT2D eigenvalue weighted by Gasteiger charge is 2.46. The molecule has 206 valence electrons. The Kier molecular flexibility index (Phi) is 6.50. The summed E-state index contributed by atoms with van der Waals surface area (Å²) in [6.45, 7) is 2.26. The third-order valence-electron chi connectivity index (χ3n) is 8.27. The summed E-state index contributed by atoms with van der Waals surface area (Å²) < 4.78 is 33.4. The van der Waals surface area contributed by atoms with E-state index in [1.165, 1.54) is 22.4 Å². The summed E-state index contributed by atoms with van der Waals surface area (Å²) in [4.78, 5) is 28.8. The Morgan fingerprint density at radius 3 is 2.42 bits per heavy atom. The van der Waals surface area contributed by atoms with E-state index in [0.717, 1.165) is 35.8 Å². The molecule has 10 heteroatoms. The maximum absolute atomic E-state index is 13.9. The maximum Gasteiger partial charge on any atom is 0.296 e. The number of sulfonamides is 1. The van der Waals surface area contributed by atoms with Gasteiger partial charge in [-0.25, -0.2) is 13.1 Å². The Bertz CT molecular complexity index is 1810. The van der Waals surface area contributed by atoms with E-state index in [2.05, 4.69) is 26.7 Å². The van der Waals surface area contributed by atoms with Crippen LogP contribution in [0, 0.1) is 6.92 Å². The summed E-state index contributed by atoms with van der Waals surface area (Å²) >= 11 is 3.54. The normalized spacial score (nSPS) is 15.9. The zero-order chi connectivity index (χ0) is 28.2. The Labute approximate surface area is 241 Å². The minimum absolute atomic E-state index is 0.0374. The van der Waals surface area contributed by atoms with Crippen LogP contribution in [0.5, 0.6) is 0 Å². The van der Waals surface area contributed by atoms with E-state index in [9.17, 15) is 18.0 Å². The second kappa shape index (κ2) is 9.78. The van der Waals surface area contributed by atoms with Gasteiger partial charge in [0.25, 0.3) is 21.5 Å². The van der Waals surface area contributed by atoms with Crippen molar-refractivity contribution in [2.24, 2.45) is 7.05 Å². The van der Waals surface area contributed by atoms with Crippen molar-refractivity contribution in [1.29, 1.82) is 0 Å².